The van der Waals surface area contributed by atoms with Gasteiger partial charge >= 0.3 is 0 Å². The van der Waals surface area contributed by atoms with Crippen LogP contribution in [-0.2, 0) is 24.3 Å². The average molecular weight is 408 g/mol. The number of H-pyrrole nitrogens is 1. The number of nitrogens with one attached hydrogen (secondary N) is 3. The largest absolute Gasteiger partial charge is 0.384 e. The summed E-state index contributed by atoms with van der Waals surface area (Å²) in [5.74, 6) is 0.150. The summed E-state index contributed by atoms with van der Waals surface area (Å²) in [4.78, 5) is 43.8. The maximum Gasteiger partial charge on any atom is 0.272 e. The van der Waals surface area contributed by atoms with Crippen LogP contribution < -0.4 is 27.6 Å². The van der Waals surface area contributed by atoms with Gasteiger partial charge in [-0.05, 0) is 43.2 Å². The number of rotatable bonds is 7. The van der Waals surface area contributed by atoms with E-state index in [0.717, 1.165) is 16.8 Å². The number of aryl methyl sites for hydroxylation is 2. The van der Waals surface area contributed by atoms with E-state index < -0.39 is 0 Å². The molecule has 0 aliphatic rings. The quantitative estimate of drug-likeness (QED) is 0.455. The molecule has 3 aromatic rings. The number of hydrogen-bond donors (Lipinski definition) is 4. The van der Waals surface area contributed by atoms with E-state index in [0.29, 0.717) is 23.5 Å². The van der Waals surface area contributed by atoms with Gasteiger partial charge in [-0.25, -0.2) is 9.66 Å². The van der Waals surface area contributed by atoms with Crippen LogP contribution in [-0.4, -0.2) is 20.6 Å². The molecule has 3 rings (SSSR count). The number of pyridine rings is 3. The lowest BCUT2D eigenvalue weighted by Crippen LogP contribution is -2.35. The minimum atomic E-state index is -0.331. The molecule has 9 heteroatoms. The molecule has 0 radical (unpaired) electrons. The molecule has 0 aliphatic heterocycles. The lowest BCUT2D eigenvalue weighted by atomic mass is 10.1. The number of aromatic amines is 1. The Morgan fingerprint density at radius 2 is 1.93 bits per heavy atom. The molecule has 9 nitrogen and oxygen atoms in total. The van der Waals surface area contributed by atoms with Crippen molar-refractivity contribution >= 4 is 11.7 Å². The zero-order valence-corrected chi connectivity index (χ0v) is 16.9. The summed E-state index contributed by atoms with van der Waals surface area (Å²) in [6.45, 7) is 4.08. The molecule has 0 aromatic carbocycles. The average Bonchev–Trinajstić information content (AvgIpc) is 2.71. The van der Waals surface area contributed by atoms with Gasteiger partial charge in [0.15, 0.2) is 0 Å². The van der Waals surface area contributed by atoms with Crippen molar-refractivity contribution in [2.75, 3.05) is 11.2 Å². The van der Waals surface area contributed by atoms with Crippen molar-refractivity contribution in [3.63, 3.8) is 0 Å². The second-order valence-corrected chi connectivity index (χ2v) is 6.95. The fourth-order valence-electron chi connectivity index (χ4n) is 2.99. The Bertz CT molecular complexity index is 1180. The third kappa shape index (κ3) is 4.93. The van der Waals surface area contributed by atoms with Gasteiger partial charge in [-0.15, -0.1) is 0 Å². The van der Waals surface area contributed by atoms with Gasteiger partial charge in [0.2, 0.25) is 5.91 Å². The van der Waals surface area contributed by atoms with Crippen LogP contribution in [0.2, 0.25) is 0 Å². The van der Waals surface area contributed by atoms with Crippen LogP contribution in [0.4, 0.5) is 5.82 Å². The van der Waals surface area contributed by atoms with E-state index in [1.807, 2.05) is 13.0 Å². The molecule has 3 aromatic heterocycles. The molecule has 0 aliphatic carbocycles. The summed E-state index contributed by atoms with van der Waals surface area (Å²) in [6.07, 6.45) is 3.07. The van der Waals surface area contributed by atoms with E-state index in [9.17, 15) is 14.4 Å². The summed E-state index contributed by atoms with van der Waals surface area (Å²) < 4.78 is 1.29. The number of carbonyl (C=O) groups is 1. The van der Waals surface area contributed by atoms with Crippen molar-refractivity contribution in [2.45, 2.75) is 33.4 Å². The van der Waals surface area contributed by atoms with Crippen molar-refractivity contribution in [1.29, 1.82) is 0 Å². The molecule has 0 saturated carbocycles. The first-order valence-electron chi connectivity index (χ1n) is 9.45. The number of nitrogen functional groups attached to an aromatic ring is 1. The molecule has 5 N–H and O–H groups in total. The van der Waals surface area contributed by atoms with Crippen LogP contribution in [0.5, 0.6) is 0 Å². The molecular formula is C21H24N6O3. The topological polar surface area (TPSA) is 135 Å². The van der Waals surface area contributed by atoms with E-state index in [2.05, 4.69) is 20.7 Å². The maximum atomic E-state index is 12.8. The van der Waals surface area contributed by atoms with Gasteiger partial charge < -0.3 is 21.5 Å². The smallest absolute Gasteiger partial charge is 0.272 e. The second-order valence-electron chi connectivity index (χ2n) is 6.95. The summed E-state index contributed by atoms with van der Waals surface area (Å²) in [5.41, 5.74) is 11.2. The van der Waals surface area contributed by atoms with Gasteiger partial charge in [-0.3, -0.25) is 14.4 Å². The Balaban J connectivity index is 1.68. The molecule has 0 unspecified atom stereocenters. The fraction of sp³-hybridized carbons (Fsp3) is 0.238. The molecule has 30 heavy (non-hydrogen) atoms. The van der Waals surface area contributed by atoms with Gasteiger partial charge in [-0.2, -0.15) is 0 Å². The predicted octanol–water partition coefficient (Wildman–Crippen LogP) is 0.733. The minimum Gasteiger partial charge on any atom is -0.384 e. The lowest BCUT2D eigenvalue weighted by molar-refractivity contribution is -0.120. The molecular weight excluding hydrogens is 384 g/mol. The van der Waals surface area contributed by atoms with Crippen LogP contribution in [0, 0.1) is 13.8 Å². The van der Waals surface area contributed by atoms with Crippen LogP contribution in [0.1, 0.15) is 27.9 Å². The van der Waals surface area contributed by atoms with E-state index in [4.69, 9.17) is 5.73 Å². The van der Waals surface area contributed by atoms with Crippen LogP contribution in [0.3, 0.4) is 0 Å². The number of carbonyl (C=O) groups excluding carboxylic acids is 1. The Morgan fingerprint density at radius 1 is 1.13 bits per heavy atom. The fourth-order valence-corrected chi connectivity index (χ4v) is 2.99. The summed E-state index contributed by atoms with van der Waals surface area (Å²) in [7, 11) is 0. The third-order valence-electron chi connectivity index (χ3n) is 4.80. The first kappa shape index (κ1) is 20.8. The number of anilines is 1. The first-order chi connectivity index (χ1) is 14.3. The van der Waals surface area contributed by atoms with Crippen molar-refractivity contribution in [3.8, 4) is 0 Å². The van der Waals surface area contributed by atoms with Crippen LogP contribution >= 0.6 is 0 Å². The van der Waals surface area contributed by atoms with Gasteiger partial charge in [-0.1, -0.05) is 12.1 Å². The highest BCUT2D eigenvalue weighted by Gasteiger charge is 2.13. The van der Waals surface area contributed by atoms with Crippen LogP contribution in [0.15, 0.2) is 52.3 Å². The normalized spacial score (nSPS) is 10.6. The summed E-state index contributed by atoms with van der Waals surface area (Å²) in [5, 5.41) is 2.81. The van der Waals surface area contributed by atoms with Crippen molar-refractivity contribution < 1.29 is 4.79 Å². The maximum absolute atomic E-state index is 12.8. The summed E-state index contributed by atoms with van der Waals surface area (Å²) >= 11 is 0. The van der Waals surface area contributed by atoms with Gasteiger partial charge in [0.25, 0.3) is 11.1 Å². The zero-order valence-electron chi connectivity index (χ0n) is 16.9. The first-order valence-corrected chi connectivity index (χ1v) is 9.45. The monoisotopic (exact) mass is 408 g/mol. The van der Waals surface area contributed by atoms with Gasteiger partial charge in [0.1, 0.15) is 5.82 Å². The Morgan fingerprint density at radius 3 is 2.67 bits per heavy atom. The zero-order chi connectivity index (χ0) is 21.7. The van der Waals surface area contributed by atoms with E-state index >= 15 is 0 Å². The Labute approximate surface area is 172 Å². The van der Waals surface area contributed by atoms with Crippen LogP contribution in [0.25, 0.3) is 0 Å². The Kier molecular flexibility index (Phi) is 6.31. The number of nitrogens with zero attached hydrogens (tertiary/aromatic N) is 2. The van der Waals surface area contributed by atoms with E-state index in [-0.39, 0.29) is 30.0 Å². The minimum absolute atomic E-state index is 0.0550. The van der Waals surface area contributed by atoms with E-state index in [1.165, 1.54) is 4.68 Å². The highest BCUT2D eigenvalue weighted by molar-refractivity contribution is 5.78. The molecule has 156 valence electrons. The number of nitrogens with two attached hydrogens (primary N) is 1. The number of hydrogen-bond acceptors (Lipinski definition) is 6. The number of aromatic nitrogens is 3. The molecule has 0 spiro atoms. The highest BCUT2D eigenvalue weighted by Crippen LogP contribution is 2.08. The van der Waals surface area contributed by atoms with E-state index in [1.54, 1.807) is 43.6 Å². The third-order valence-corrected chi connectivity index (χ3v) is 4.80. The number of amides is 1. The van der Waals surface area contributed by atoms with Gasteiger partial charge in [0, 0.05) is 35.8 Å². The molecule has 3 heterocycles. The molecule has 0 atom stereocenters. The molecule has 1 amide bonds. The SMILES string of the molecule is Cc1ccn(NCc2ccc[nH]c2=O)c(=O)c1CC(=O)NCc1ccc(N)nc1C. The van der Waals surface area contributed by atoms with Gasteiger partial charge in [0.05, 0.1) is 13.0 Å². The Hall–Kier alpha value is -3.88. The van der Waals surface area contributed by atoms with Crippen molar-refractivity contribution in [1.82, 2.24) is 20.0 Å². The molecule has 0 bridgehead atoms. The molecule has 0 saturated heterocycles. The summed E-state index contributed by atoms with van der Waals surface area (Å²) in [6, 6.07) is 8.63. The standard InChI is InChI=1S/C21H24N6O3/c1-13-7-9-27(25-12-16-4-3-8-23-20(16)29)21(30)17(13)10-19(28)24-11-15-5-6-18(22)26-14(15)2/h3-9,25H,10-12H2,1-2H3,(H2,22,26)(H,23,29)(H,24,28). The lowest BCUT2D eigenvalue weighted by Gasteiger charge is -2.13. The van der Waals surface area contributed by atoms with Crippen molar-refractivity contribution in [3.05, 3.63) is 91.4 Å². The van der Waals surface area contributed by atoms with Crippen molar-refractivity contribution in [2.24, 2.45) is 0 Å². The highest BCUT2D eigenvalue weighted by atomic mass is 16.2. The predicted molar refractivity (Wildman–Crippen MR) is 115 cm³/mol. The molecule has 0 fully saturated rings. The second kappa shape index (κ2) is 9.08.